The minimum Gasteiger partial charge on any atom is -0.352 e. The van der Waals surface area contributed by atoms with Crippen LogP contribution in [0.2, 0.25) is 0 Å². The monoisotopic (exact) mass is 284 g/mol. The Morgan fingerprint density at radius 3 is 2.43 bits per heavy atom. The van der Waals surface area contributed by atoms with Crippen LogP contribution in [0.15, 0.2) is 30.3 Å². The number of carbonyl (C=O) groups is 2. The van der Waals surface area contributed by atoms with E-state index in [0.29, 0.717) is 0 Å². The topological polar surface area (TPSA) is 70.0 Å². The Balaban J connectivity index is 2.97. The summed E-state index contributed by atoms with van der Waals surface area (Å²) in [6, 6.07) is 9.32. The van der Waals surface area contributed by atoms with Gasteiger partial charge in [0.15, 0.2) is 11.7 Å². The Morgan fingerprint density at radius 2 is 1.90 bits per heavy atom. The van der Waals surface area contributed by atoms with Crippen LogP contribution in [0.4, 0.5) is 0 Å². The maximum absolute atomic E-state index is 12.1. The molecule has 0 heterocycles. The molecule has 0 saturated carbocycles. The molecule has 0 saturated heterocycles. The van der Waals surface area contributed by atoms with Crippen molar-refractivity contribution in [1.82, 2.24) is 5.32 Å². The van der Waals surface area contributed by atoms with Gasteiger partial charge in [-0.2, -0.15) is 5.26 Å². The molecule has 110 valence electrons. The highest BCUT2D eigenvalue weighted by molar-refractivity contribution is 6.11. The van der Waals surface area contributed by atoms with E-state index in [-0.39, 0.29) is 6.04 Å². The molecular weight excluding hydrogens is 264 g/mol. The van der Waals surface area contributed by atoms with Crippen molar-refractivity contribution in [3.63, 3.8) is 0 Å². The lowest BCUT2D eigenvalue weighted by Crippen LogP contribution is -2.38. The molecule has 1 unspecified atom stereocenters. The van der Waals surface area contributed by atoms with Gasteiger partial charge >= 0.3 is 0 Å². The molecule has 1 aromatic carbocycles. The number of nitrogens with zero attached hydrogens (tertiary/aromatic N) is 1. The Hall–Kier alpha value is -2.41. The zero-order valence-corrected chi connectivity index (χ0v) is 12.8. The number of amides is 1. The van der Waals surface area contributed by atoms with E-state index in [9.17, 15) is 9.59 Å². The van der Waals surface area contributed by atoms with E-state index in [1.807, 2.05) is 31.2 Å². The van der Waals surface area contributed by atoms with Gasteiger partial charge in [0, 0.05) is 6.04 Å². The number of benzene rings is 1. The first kappa shape index (κ1) is 16.6. The average Bonchev–Trinajstić information content (AvgIpc) is 2.38. The van der Waals surface area contributed by atoms with Gasteiger partial charge in [-0.15, -0.1) is 0 Å². The van der Waals surface area contributed by atoms with Crippen LogP contribution in [0, 0.1) is 24.2 Å². The summed E-state index contributed by atoms with van der Waals surface area (Å²) in [5, 5.41) is 11.6. The summed E-state index contributed by atoms with van der Waals surface area (Å²) in [5.41, 5.74) is 2.72. The molecule has 1 atom stereocenters. The number of rotatable bonds is 5. The molecule has 0 aromatic heterocycles. The maximum Gasteiger partial charge on any atom is 0.245 e. The first-order valence-electron chi connectivity index (χ1n) is 6.85. The zero-order chi connectivity index (χ0) is 16.0. The third-order valence-corrected chi connectivity index (χ3v) is 3.04. The van der Waals surface area contributed by atoms with Crippen LogP contribution in [-0.2, 0) is 9.59 Å². The minimum atomic E-state index is -1.30. The predicted molar refractivity (Wildman–Crippen MR) is 82.2 cm³/mol. The molecular formula is C17H20N2O2. The van der Waals surface area contributed by atoms with Gasteiger partial charge in [0.1, 0.15) is 0 Å². The smallest absolute Gasteiger partial charge is 0.245 e. The van der Waals surface area contributed by atoms with Crippen LogP contribution in [0.1, 0.15) is 31.9 Å². The molecule has 1 amide bonds. The highest BCUT2D eigenvalue weighted by Gasteiger charge is 2.25. The van der Waals surface area contributed by atoms with Gasteiger partial charge in [-0.1, -0.05) is 24.3 Å². The van der Waals surface area contributed by atoms with Crippen molar-refractivity contribution in [1.29, 1.82) is 5.26 Å². The number of nitrogens with one attached hydrogen (secondary N) is 1. The Labute approximate surface area is 125 Å². The van der Waals surface area contributed by atoms with Crippen LogP contribution >= 0.6 is 0 Å². The van der Waals surface area contributed by atoms with Crippen LogP contribution in [0.5, 0.6) is 0 Å². The van der Waals surface area contributed by atoms with E-state index in [2.05, 4.69) is 5.32 Å². The zero-order valence-electron chi connectivity index (χ0n) is 12.8. The quantitative estimate of drug-likeness (QED) is 0.667. The molecule has 1 rings (SSSR count). The lowest BCUT2D eigenvalue weighted by Gasteiger charge is -2.11. The van der Waals surface area contributed by atoms with Crippen molar-refractivity contribution in [2.45, 2.75) is 33.7 Å². The summed E-state index contributed by atoms with van der Waals surface area (Å²) in [7, 11) is 0. The second kappa shape index (κ2) is 7.39. The summed E-state index contributed by atoms with van der Waals surface area (Å²) in [5.74, 6) is -2.34. The third kappa shape index (κ3) is 4.57. The first-order valence-corrected chi connectivity index (χ1v) is 6.85. The molecule has 0 aliphatic heterocycles. The number of ketones is 1. The van der Waals surface area contributed by atoms with Crippen LogP contribution in [0.25, 0.3) is 5.57 Å². The summed E-state index contributed by atoms with van der Waals surface area (Å²) >= 11 is 0. The molecule has 21 heavy (non-hydrogen) atoms. The molecule has 1 N–H and O–H groups in total. The Morgan fingerprint density at radius 1 is 1.29 bits per heavy atom. The lowest BCUT2D eigenvalue weighted by molar-refractivity contribution is -0.129. The van der Waals surface area contributed by atoms with Gasteiger partial charge in [0.05, 0.1) is 6.07 Å². The normalized spacial score (nSPS) is 12.7. The SMILES string of the molecule is CC(=CC(=O)C(C#N)C(=O)NC(C)C)c1ccccc1C. The second-order valence-corrected chi connectivity index (χ2v) is 5.27. The highest BCUT2D eigenvalue weighted by Crippen LogP contribution is 2.18. The van der Waals surface area contributed by atoms with Gasteiger partial charge in [-0.3, -0.25) is 9.59 Å². The first-order chi connectivity index (χ1) is 9.86. The van der Waals surface area contributed by atoms with Gasteiger partial charge in [0.2, 0.25) is 5.91 Å². The van der Waals surface area contributed by atoms with Gasteiger partial charge < -0.3 is 5.32 Å². The molecule has 4 nitrogen and oxygen atoms in total. The van der Waals surface area contributed by atoms with E-state index >= 15 is 0 Å². The van der Waals surface area contributed by atoms with E-state index in [1.165, 1.54) is 6.08 Å². The van der Waals surface area contributed by atoms with Crippen LogP contribution < -0.4 is 5.32 Å². The highest BCUT2D eigenvalue weighted by atomic mass is 16.2. The number of nitriles is 1. The molecule has 4 heteroatoms. The van der Waals surface area contributed by atoms with Gasteiger partial charge in [-0.25, -0.2) is 0 Å². The molecule has 0 aliphatic carbocycles. The summed E-state index contributed by atoms with van der Waals surface area (Å²) in [6.45, 7) is 7.32. The number of carbonyl (C=O) groups excluding carboxylic acids is 2. The van der Waals surface area contributed by atoms with Gasteiger partial charge in [-0.05, 0) is 50.5 Å². The molecule has 0 fully saturated rings. The fourth-order valence-corrected chi connectivity index (χ4v) is 2.01. The molecule has 0 radical (unpaired) electrons. The van der Waals surface area contributed by atoms with Crippen molar-refractivity contribution in [3.05, 3.63) is 41.5 Å². The molecule has 0 spiro atoms. The van der Waals surface area contributed by atoms with Crippen molar-refractivity contribution in [2.24, 2.45) is 5.92 Å². The maximum atomic E-state index is 12.1. The molecule has 0 aliphatic rings. The second-order valence-electron chi connectivity index (χ2n) is 5.27. The van der Waals surface area contributed by atoms with Crippen molar-refractivity contribution in [2.75, 3.05) is 0 Å². The fourth-order valence-electron chi connectivity index (χ4n) is 2.01. The number of allylic oxidation sites excluding steroid dienone is 2. The van der Waals surface area contributed by atoms with E-state index in [0.717, 1.165) is 16.7 Å². The minimum absolute atomic E-state index is 0.109. The van der Waals surface area contributed by atoms with E-state index in [1.54, 1.807) is 26.8 Å². The van der Waals surface area contributed by atoms with E-state index in [4.69, 9.17) is 5.26 Å². The average molecular weight is 284 g/mol. The van der Waals surface area contributed by atoms with Crippen LogP contribution in [0.3, 0.4) is 0 Å². The van der Waals surface area contributed by atoms with Gasteiger partial charge in [0.25, 0.3) is 0 Å². The predicted octanol–water partition coefficient (Wildman–Crippen LogP) is 2.63. The van der Waals surface area contributed by atoms with Crippen molar-refractivity contribution < 1.29 is 9.59 Å². The largest absolute Gasteiger partial charge is 0.352 e. The lowest BCUT2D eigenvalue weighted by atomic mass is 9.97. The van der Waals surface area contributed by atoms with Crippen LogP contribution in [-0.4, -0.2) is 17.7 Å². The standard InChI is InChI=1S/C17H20N2O2/c1-11(2)19-17(21)15(10-18)16(20)9-13(4)14-8-6-5-7-12(14)3/h5-9,11,15H,1-4H3,(H,19,21). The Kier molecular flexibility index (Phi) is 5.86. The number of hydrogen-bond donors (Lipinski definition) is 1. The fraction of sp³-hybridized carbons (Fsp3) is 0.353. The summed E-state index contributed by atoms with van der Waals surface area (Å²) in [4.78, 5) is 24.0. The van der Waals surface area contributed by atoms with Crippen molar-refractivity contribution >= 4 is 17.3 Å². The Bertz CT molecular complexity index is 609. The van der Waals surface area contributed by atoms with E-state index < -0.39 is 17.6 Å². The molecule has 0 bridgehead atoms. The summed E-state index contributed by atoms with van der Waals surface area (Å²) < 4.78 is 0. The summed E-state index contributed by atoms with van der Waals surface area (Å²) in [6.07, 6.45) is 1.37. The number of hydrogen-bond acceptors (Lipinski definition) is 3. The number of aryl methyl sites for hydroxylation is 1. The van der Waals surface area contributed by atoms with Crippen molar-refractivity contribution in [3.8, 4) is 6.07 Å². The molecule has 1 aromatic rings. The third-order valence-electron chi connectivity index (χ3n) is 3.04.